The second kappa shape index (κ2) is 9.99. The van der Waals surface area contributed by atoms with Crippen LogP contribution in [0.5, 0.6) is 0 Å². The summed E-state index contributed by atoms with van der Waals surface area (Å²) in [6.45, 7) is 3.34. The summed E-state index contributed by atoms with van der Waals surface area (Å²) in [5.41, 5.74) is -4.18. The summed E-state index contributed by atoms with van der Waals surface area (Å²) in [5, 5.41) is 12.1. The Morgan fingerprint density at radius 2 is 2.12 bits per heavy atom. The van der Waals surface area contributed by atoms with E-state index < -0.39 is 11.6 Å². The third-order valence-corrected chi connectivity index (χ3v) is 2.61. The minimum Gasteiger partial charge on any atom is -0.389 e. The third kappa shape index (κ3) is 14.0. The molecule has 0 radical (unpaired) electrons. The van der Waals surface area contributed by atoms with Crippen molar-refractivity contribution in [2.24, 2.45) is 0 Å². The van der Waals surface area contributed by atoms with Gasteiger partial charge in [-0.15, -0.1) is 0 Å². The molecule has 0 aromatic rings. The monoisotopic (exact) mass is 275 g/mol. The van der Waals surface area contributed by atoms with E-state index in [0.29, 0.717) is 6.61 Å². The molecule has 0 aromatic carbocycles. The molecule has 0 heterocycles. The Bertz CT molecular complexity index is 181. The minimum atomic E-state index is -4.18. The molecule has 0 saturated carbocycles. The van der Waals surface area contributed by atoms with Crippen molar-refractivity contribution in [1.82, 2.24) is 5.32 Å². The van der Waals surface area contributed by atoms with Crippen LogP contribution < -0.4 is 5.32 Å². The van der Waals surface area contributed by atoms with Crippen molar-refractivity contribution in [3.05, 3.63) is 0 Å². The van der Waals surface area contributed by atoms with Gasteiger partial charge < -0.3 is 15.2 Å². The van der Waals surface area contributed by atoms with Gasteiger partial charge in [0.15, 0.2) is 0 Å². The number of alkyl halides is 3. The lowest BCUT2D eigenvalue weighted by Crippen LogP contribution is -2.32. The molecule has 0 amide bonds. The molecule has 3 nitrogen and oxygen atoms in total. The number of unbranched alkanes of at least 4 members (excludes halogenated alkanes) is 1. The van der Waals surface area contributed by atoms with Gasteiger partial charge in [-0.1, -0.05) is 13.3 Å². The Labute approximate surface area is 104 Å². The topological polar surface area (TPSA) is 41.5 Å². The first-order chi connectivity index (χ1) is 7.95. The van der Waals surface area contributed by atoms with Crippen LogP contribution in [0.1, 0.15) is 19.8 Å². The average Bonchev–Trinajstić information content (AvgIpc) is 2.22. The number of aliphatic hydroxyl groups is 1. The standard InChI is InChI=1S/C10H20F3NO2S/c1-2-3-5-16-8-9(15)7-14-4-6-17-10(11,12)13/h9,14-15H,2-8H2,1H3. The highest BCUT2D eigenvalue weighted by Crippen LogP contribution is 2.29. The first-order valence-electron chi connectivity index (χ1n) is 5.63. The second-order valence-electron chi connectivity index (χ2n) is 3.58. The molecule has 17 heavy (non-hydrogen) atoms. The van der Waals surface area contributed by atoms with Gasteiger partial charge in [0, 0.05) is 25.4 Å². The van der Waals surface area contributed by atoms with E-state index in [0.717, 1.165) is 12.8 Å². The largest absolute Gasteiger partial charge is 0.441 e. The molecular weight excluding hydrogens is 255 g/mol. The SMILES string of the molecule is CCCCOCC(O)CNCCSC(F)(F)F. The zero-order valence-corrected chi connectivity index (χ0v) is 10.7. The van der Waals surface area contributed by atoms with Crippen LogP contribution in [0.2, 0.25) is 0 Å². The number of nitrogens with one attached hydrogen (secondary N) is 1. The van der Waals surface area contributed by atoms with Gasteiger partial charge in [0.1, 0.15) is 0 Å². The Kier molecular flexibility index (Phi) is 10.0. The fraction of sp³-hybridized carbons (Fsp3) is 1.00. The van der Waals surface area contributed by atoms with E-state index in [9.17, 15) is 18.3 Å². The van der Waals surface area contributed by atoms with Gasteiger partial charge in [-0.2, -0.15) is 13.2 Å². The van der Waals surface area contributed by atoms with Gasteiger partial charge in [-0.05, 0) is 18.2 Å². The summed E-state index contributed by atoms with van der Waals surface area (Å²) < 4.78 is 40.4. The van der Waals surface area contributed by atoms with Crippen molar-refractivity contribution in [2.75, 3.05) is 32.1 Å². The molecule has 1 atom stereocenters. The third-order valence-electron chi connectivity index (χ3n) is 1.88. The smallest absolute Gasteiger partial charge is 0.389 e. The fourth-order valence-corrected chi connectivity index (χ4v) is 1.51. The maximum atomic E-state index is 11.7. The lowest BCUT2D eigenvalue weighted by Gasteiger charge is -2.12. The zero-order valence-electron chi connectivity index (χ0n) is 9.92. The van der Waals surface area contributed by atoms with E-state index >= 15 is 0 Å². The van der Waals surface area contributed by atoms with Crippen molar-refractivity contribution in [3.63, 3.8) is 0 Å². The first-order valence-corrected chi connectivity index (χ1v) is 6.61. The number of halogens is 3. The highest BCUT2D eigenvalue weighted by molar-refractivity contribution is 8.00. The molecule has 7 heteroatoms. The van der Waals surface area contributed by atoms with Crippen LogP contribution in [0.15, 0.2) is 0 Å². The maximum absolute atomic E-state index is 11.7. The van der Waals surface area contributed by atoms with E-state index in [2.05, 4.69) is 5.32 Å². The van der Waals surface area contributed by atoms with E-state index in [1.165, 1.54) is 0 Å². The summed E-state index contributed by atoms with van der Waals surface area (Å²) in [6, 6.07) is 0. The number of ether oxygens (including phenoxy) is 1. The van der Waals surface area contributed by atoms with E-state index in [1.807, 2.05) is 6.92 Å². The number of aliphatic hydroxyl groups excluding tert-OH is 1. The van der Waals surface area contributed by atoms with Crippen molar-refractivity contribution in [3.8, 4) is 0 Å². The normalized spacial score (nSPS) is 13.9. The molecule has 0 rings (SSSR count). The lowest BCUT2D eigenvalue weighted by atomic mass is 10.3. The first kappa shape index (κ1) is 17.0. The molecule has 2 N–H and O–H groups in total. The maximum Gasteiger partial charge on any atom is 0.441 e. The van der Waals surface area contributed by atoms with E-state index in [1.54, 1.807) is 0 Å². The summed E-state index contributed by atoms with van der Waals surface area (Å²) >= 11 is -0.0657. The average molecular weight is 275 g/mol. The number of rotatable bonds is 10. The van der Waals surface area contributed by atoms with Crippen molar-refractivity contribution in [2.45, 2.75) is 31.4 Å². The Balaban J connectivity index is 3.24. The van der Waals surface area contributed by atoms with Crippen LogP contribution in [0.4, 0.5) is 13.2 Å². The molecule has 0 saturated heterocycles. The van der Waals surface area contributed by atoms with Gasteiger partial charge in [0.2, 0.25) is 0 Å². The molecule has 1 unspecified atom stereocenters. The quantitative estimate of drug-likeness (QED) is 0.598. The molecular formula is C10H20F3NO2S. The highest BCUT2D eigenvalue weighted by atomic mass is 32.2. The Morgan fingerprint density at radius 1 is 1.41 bits per heavy atom. The van der Waals surface area contributed by atoms with Crippen LogP contribution in [0.25, 0.3) is 0 Å². The van der Waals surface area contributed by atoms with Crippen molar-refractivity contribution < 1.29 is 23.0 Å². The molecule has 0 spiro atoms. The van der Waals surface area contributed by atoms with Crippen molar-refractivity contribution >= 4 is 11.8 Å². The highest BCUT2D eigenvalue weighted by Gasteiger charge is 2.27. The van der Waals surface area contributed by atoms with Gasteiger partial charge in [0.25, 0.3) is 0 Å². The molecule has 0 aromatic heterocycles. The van der Waals surface area contributed by atoms with Gasteiger partial charge >= 0.3 is 5.51 Å². The summed E-state index contributed by atoms with van der Waals surface area (Å²) in [6.07, 6.45) is 1.31. The summed E-state index contributed by atoms with van der Waals surface area (Å²) in [4.78, 5) is 0. The van der Waals surface area contributed by atoms with Crippen LogP contribution in [-0.4, -0.2) is 48.8 Å². The molecule has 0 aliphatic rings. The Morgan fingerprint density at radius 3 is 2.71 bits per heavy atom. The van der Waals surface area contributed by atoms with Gasteiger partial charge in [0.05, 0.1) is 12.7 Å². The predicted molar refractivity (Wildman–Crippen MR) is 63.1 cm³/mol. The van der Waals surface area contributed by atoms with Crippen LogP contribution in [0.3, 0.4) is 0 Å². The number of hydrogen-bond donors (Lipinski definition) is 2. The molecule has 104 valence electrons. The summed E-state index contributed by atoms with van der Waals surface area (Å²) in [5.74, 6) is -0.0487. The fourth-order valence-electron chi connectivity index (χ4n) is 1.03. The second-order valence-corrected chi connectivity index (χ2v) is 4.74. The minimum absolute atomic E-state index is 0.0487. The summed E-state index contributed by atoms with van der Waals surface area (Å²) in [7, 11) is 0. The molecule has 0 fully saturated rings. The number of thioether (sulfide) groups is 1. The molecule has 0 aliphatic heterocycles. The number of hydrogen-bond acceptors (Lipinski definition) is 4. The van der Waals surface area contributed by atoms with E-state index in [-0.39, 0.29) is 37.2 Å². The predicted octanol–water partition coefficient (Wildman–Crippen LogP) is 2.01. The van der Waals surface area contributed by atoms with Gasteiger partial charge in [-0.25, -0.2) is 0 Å². The van der Waals surface area contributed by atoms with Crippen LogP contribution in [0, 0.1) is 0 Å². The molecule has 0 bridgehead atoms. The van der Waals surface area contributed by atoms with Crippen LogP contribution in [-0.2, 0) is 4.74 Å². The van der Waals surface area contributed by atoms with Gasteiger partial charge in [-0.3, -0.25) is 0 Å². The Hall–Kier alpha value is 0.0200. The molecule has 0 aliphatic carbocycles. The zero-order chi connectivity index (χ0) is 13.1. The lowest BCUT2D eigenvalue weighted by molar-refractivity contribution is -0.0327. The van der Waals surface area contributed by atoms with E-state index in [4.69, 9.17) is 4.74 Å². The van der Waals surface area contributed by atoms with Crippen LogP contribution >= 0.6 is 11.8 Å². The van der Waals surface area contributed by atoms with Crippen molar-refractivity contribution in [1.29, 1.82) is 0 Å².